The average Bonchev–Trinajstić information content (AvgIpc) is 3.03. The van der Waals surface area contributed by atoms with Crippen molar-refractivity contribution in [1.29, 1.82) is 0 Å². The lowest BCUT2D eigenvalue weighted by atomic mass is 9.95. The Labute approximate surface area is 141 Å². The van der Waals surface area contributed by atoms with E-state index >= 15 is 0 Å². The first-order chi connectivity index (χ1) is 11.7. The highest BCUT2D eigenvalue weighted by Crippen LogP contribution is 2.30. The van der Waals surface area contributed by atoms with Crippen LogP contribution >= 0.6 is 0 Å². The van der Waals surface area contributed by atoms with Gasteiger partial charge in [-0.1, -0.05) is 49.6 Å². The van der Waals surface area contributed by atoms with Crippen LogP contribution in [0.5, 0.6) is 5.88 Å². The lowest BCUT2D eigenvalue weighted by Gasteiger charge is -2.23. The molecule has 1 aliphatic rings. The van der Waals surface area contributed by atoms with Crippen LogP contribution in [0.2, 0.25) is 0 Å². The number of hydrogen-bond acceptors (Lipinski definition) is 3. The van der Waals surface area contributed by atoms with E-state index in [2.05, 4.69) is 5.10 Å². The molecule has 1 fully saturated rings. The Bertz CT molecular complexity index is 701. The van der Waals surface area contributed by atoms with Gasteiger partial charge in [0.2, 0.25) is 5.88 Å². The van der Waals surface area contributed by atoms with Crippen LogP contribution in [0.25, 0.3) is 6.08 Å². The molecule has 0 saturated heterocycles. The number of benzene rings is 1. The van der Waals surface area contributed by atoms with Gasteiger partial charge in [-0.3, -0.25) is 4.68 Å². The van der Waals surface area contributed by atoms with Gasteiger partial charge in [-0.15, -0.1) is 5.10 Å². The summed E-state index contributed by atoms with van der Waals surface area (Å²) in [4.78, 5) is 10.8. The van der Waals surface area contributed by atoms with Crippen molar-refractivity contribution in [2.45, 2.75) is 44.8 Å². The van der Waals surface area contributed by atoms with Gasteiger partial charge in [0.25, 0.3) is 0 Å². The third-order valence-electron chi connectivity index (χ3n) is 4.29. The van der Waals surface area contributed by atoms with Crippen LogP contribution in [0.4, 0.5) is 0 Å². The van der Waals surface area contributed by atoms with E-state index in [1.807, 2.05) is 41.1 Å². The summed E-state index contributed by atoms with van der Waals surface area (Å²) in [6.45, 7) is 0.449. The Kier molecular flexibility index (Phi) is 5.31. The molecule has 5 heteroatoms. The summed E-state index contributed by atoms with van der Waals surface area (Å²) in [7, 11) is 0. The molecular weight excluding hydrogens is 304 g/mol. The molecule has 0 amide bonds. The smallest absolute Gasteiger partial charge is 0.328 e. The first kappa shape index (κ1) is 16.3. The molecule has 0 aliphatic heterocycles. The van der Waals surface area contributed by atoms with Gasteiger partial charge in [-0.25, -0.2) is 4.79 Å². The Morgan fingerprint density at radius 1 is 1.25 bits per heavy atom. The van der Waals surface area contributed by atoms with Gasteiger partial charge in [0.1, 0.15) is 6.61 Å². The standard InChI is InChI=1S/C19H22N2O3/c22-19(23)12-11-17-13-18(24-14-15-7-3-1-4-8-15)20-21(17)16-9-5-2-6-10-16/h1,3-4,7-8,11-13,16H,2,5-6,9-10,14H2,(H,22,23). The number of ether oxygens (including phenoxy) is 1. The zero-order valence-electron chi connectivity index (χ0n) is 13.6. The molecule has 0 bridgehead atoms. The van der Waals surface area contributed by atoms with E-state index in [4.69, 9.17) is 9.84 Å². The Balaban J connectivity index is 1.77. The minimum absolute atomic E-state index is 0.321. The van der Waals surface area contributed by atoms with E-state index in [-0.39, 0.29) is 0 Å². The Morgan fingerprint density at radius 3 is 2.71 bits per heavy atom. The number of aliphatic carboxylic acids is 1. The lowest BCUT2D eigenvalue weighted by molar-refractivity contribution is -0.131. The van der Waals surface area contributed by atoms with E-state index in [1.54, 1.807) is 6.08 Å². The molecule has 0 radical (unpaired) electrons. The van der Waals surface area contributed by atoms with Gasteiger partial charge in [-0.05, 0) is 24.5 Å². The normalized spacial score (nSPS) is 15.7. The van der Waals surface area contributed by atoms with Gasteiger partial charge in [0, 0.05) is 12.1 Å². The summed E-state index contributed by atoms with van der Waals surface area (Å²) >= 11 is 0. The number of aromatic nitrogens is 2. The molecule has 126 valence electrons. The second kappa shape index (κ2) is 7.81. The van der Waals surface area contributed by atoms with Crippen LogP contribution in [-0.4, -0.2) is 20.9 Å². The van der Waals surface area contributed by atoms with Gasteiger partial charge in [0.15, 0.2) is 0 Å². The Morgan fingerprint density at radius 2 is 2.00 bits per heavy atom. The SMILES string of the molecule is O=C(O)C=Cc1cc(OCc2ccccc2)nn1C1CCCCC1. The highest BCUT2D eigenvalue weighted by atomic mass is 16.5. The third kappa shape index (κ3) is 4.25. The predicted molar refractivity (Wildman–Crippen MR) is 91.8 cm³/mol. The van der Waals surface area contributed by atoms with Crippen LogP contribution in [0.3, 0.4) is 0 Å². The molecule has 0 unspecified atom stereocenters. The number of carbonyl (C=O) groups is 1. The monoisotopic (exact) mass is 326 g/mol. The van der Waals surface area contributed by atoms with Crippen molar-refractivity contribution in [3.63, 3.8) is 0 Å². The maximum atomic E-state index is 10.8. The van der Waals surface area contributed by atoms with E-state index in [9.17, 15) is 4.79 Å². The van der Waals surface area contributed by atoms with Crippen LogP contribution in [0, 0.1) is 0 Å². The number of carboxylic acids is 1. The molecule has 0 atom stereocenters. The minimum Gasteiger partial charge on any atom is -0.478 e. The molecule has 3 rings (SSSR count). The topological polar surface area (TPSA) is 64.3 Å². The van der Waals surface area contributed by atoms with Crippen molar-refractivity contribution in [1.82, 2.24) is 9.78 Å². The second-order valence-corrected chi connectivity index (χ2v) is 6.09. The molecule has 1 N–H and O–H groups in total. The molecule has 1 saturated carbocycles. The quantitative estimate of drug-likeness (QED) is 0.813. The maximum Gasteiger partial charge on any atom is 0.328 e. The first-order valence-electron chi connectivity index (χ1n) is 8.39. The van der Waals surface area contributed by atoms with Crippen molar-refractivity contribution >= 4 is 12.0 Å². The molecule has 1 aromatic carbocycles. The summed E-state index contributed by atoms with van der Waals surface area (Å²) in [5.74, 6) is -0.424. The van der Waals surface area contributed by atoms with Crippen LogP contribution in [-0.2, 0) is 11.4 Å². The summed E-state index contributed by atoms with van der Waals surface area (Å²) < 4.78 is 7.73. The van der Waals surface area contributed by atoms with Crippen molar-refractivity contribution in [2.24, 2.45) is 0 Å². The lowest BCUT2D eigenvalue weighted by Crippen LogP contribution is -2.15. The van der Waals surface area contributed by atoms with Gasteiger partial charge >= 0.3 is 5.97 Å². The number of hydrogen-bond donors (Lipinski definition) is 1. The molecule has 2 aromatic rings. The van der Waals surface area contributed by atoms with Crippen molar-refractivity contribution < 1.29 is 14.6 Å². The molecule has 24 heavy (non-hydrogen) atoms. The molecule has 1 aromatic heterocycles. The zero-order chi connectivity index (χ0) is 16.8. The van der Waals surface area contributed by atoms with Crippen LogP contribution < -0.4 is 4.74 Å². The van der Waals surface area contributed by atoms with Crippen molar-refractivity contribution in [2.75, 3.05) is 0 Å². The number of carboxylic acid groups (broad SMARTS) is 1. The summed E-state index contributed by atoms with van der Waals surface area (Å²) in [5.41, 5.74) is 1.86. The second-order valence-electron chi connectivity index (χ2n) is 6.09. The molecular formula is C19H22N2O3. The third-order valence-corrected chi connectivity index (χ3v) is 4.29. The fourth-order valence-corrected chi connectivity index (χ4v) is 3.09. The van der Waals surface area contributed by atoms with E-state index in [1.165, 1.54) is 19.3 Å². The van der Waals surface area contributed by atoms with Gasteiger partial charge in [0.05, 0.1) is 11.7 Å². The van der Waals surface area contributed by atoms with Gasteiger partial charge in [-0.2, -0.15) is 0 Å². The fraction of sp³-hybridized carbons (Fsp3) is 0.368. The summed E-state index contributed by atoms with van der Waals surface area (Å²) in [6.07, 6.45) is 8.53. The van der Waals surface area contributed by atoms with Crippen molar-refractivity contribution in [3.8, 4) is 5.88 Å². The average molecular weight is 326 g/mol. The van der Waals surface area contributed by atoms with Crippen LogP contribution in [0.1, 0.15) is 49.4 Å². The fourth-order valence-electron chi connectivity index (χ4n) is 3.09. The summed E-state index contributed by atoms with van der Waals surface area (Å²) in [5, 5.41) is 13.5. The van der Waals surface area contributed by atoms with Crippen LogP contribution in [0.15, 0.2) is 42.5 Å². The van der Waals surface area contributed by atoms with Crippen molar-refractivity contribution in [3.05, 3.63) is 53.7 Å². The summed E-state index contributed by atoms with van der Waals surface area (Å²) in [6, 6.07) is 12.1. The maximum absolute atomic E-state index is 10.8. The van der Waals surface area contributed by atoms with Gasteiger partial charge < -0.3 is 9.84 Å². The molecule has 1 aliphatic carbocycles. The zero-order valence-corrected chi connectivity index (χ0v) is 13.6. The first-order valence-corrected chi connectivity index (χ1v) is 8.39. The predicted octanol–water partition coefficient (Wildman–Crippen LogP) is 4.07. The molecule has 5 nitrogen and oxygen atoms in total. The number of rotatable bonds is 6. The highest BCUT2D eigenvalue weighted by molar-refractivity contribution is 5.85. The van der Waals surface area contributed by atoms with E-state index in [0.29, 0.717) is 18.5 Å². The molecule has 1 heterocycles. The van der Waals surface area contributed by atoms with E-state index in [0.717, 1.165) is 30.2 Å². The number of nitrogens with zero attached hydrogens (tertiary/aromatic N) is 2. The van der Waals surface area contributed by atoms with E-state index < -0.39 is 5.97 Å². The largest absolute Gasteiger partial charge is 0.478 e. The minimum atomic E-state index is -0.960. The highest BCUT2D eigenvalue weighted by Gasteiger charge is 2.19. The molecule has 0 spiro atoms. The Hall–Kier alpha value is -2.56.